The van der Waals surface area contributed by atoms with Crippen LogP contribution in [0.5, 0.6) is 0 Å². The molecule has 1 aliphatic carbocycles. The fourth-order valence-electron chi connectivity index (χ4n) is 3.68. The molecule has 1 aromatic rings. The molecule has 1 aromatic carbocycles. The molecule has 0 bridgehead atoms. The molecule has 1 saturated carbocycles. The molecule has 0 radical (unpaired) electrons. The normalized spacial score (nSPS) is 26.4. The predicted octanol–water partition coefficient (Wildman–Crippen LogP) is 5.44. The number of nitrogens with one attached hydrogen (secondary N) is 1. The highest BCUT2D eigenvalue weighted by atomic mass is 14.9. The van der Waals surface area contributed by atoms with Crippen molar-refractivity contribution in [3.63, 3.8) is 0 Å². The highest BCUT2D eigenvalue weighted by Gasteiger charge is 2.31. The molecule has 0 aliphatic heterocycles. The summed E-state index contributed by atoms with van der Waals surface area (Å²) in [6, 6.07) is 9.55. The maximum absolute atomic E-state index is 3.76. The zero-order valence-electron chi connectivity index (χ0n) is 13.2. The van der Waals surface area contributed by atoms with Crippen molar-refractivity contribution in [2.75, 3.05) is 5.32 Å². The van der Waals surface area contributed by atoms with Crippen molar-refractivity contribution >= 4 is 5.69 Å². The van der Waals surface area contributed by atoms with E-state index < -0.39 is 0 Å². The third kappa shape index (κ3) is 3.99. The first-order valence-electron chi connectivity index (χ1n) is 7.72. The Bertz CT molecular complexity index is 419. The fourth-order valence-corrected chi connectivity index (χ4v) is 3.68. The van der Waals surface area contributed by atoms with Crippen LogP contribution in [0.1, 0.15) is 65.4 Å². The van der Waals surface area contributed by atoms with Gasteiger partial charge in [0.2, 0.25) is 0 Å². The maximum Gasteiger partial charge on any atom is 0.0345 e. The van der Waals surface area contributed by atoms with E-state index in [1.165, 1.54) is 30.5 Å². The van der Waals surface area contributed by atoms with Crippen LogP contribution in [0, 0.1) is 11.3 Å². The molecule has 1 heteroatoms. The van der Waals surface area contributed by atoms with Crippen molar-refractivity contribution < 1.29 is 0 Å². The van der Waals surface area contributed by atoms with E-state index in [4.69, 9.17) is 0 Å². The van der Waals surface area contributed by atoms with E-state index in [0.717, 1.165) is 5.92 Å². The van der Waals surface area contributed by atoms with Crippen LogP contribution < -0.4 is 5.32 Å². The van der Waals surface area contributed by atoms with Crippen molar-refractivity contribution in [1.29, 1.82) is 0 Å². The topological polar surface area (TPSA) is 12.0 Å². The van der Waals surface area contributed by atoms with Crippen molar-refractivity contribution in [3.8, 4) is 0 Å². The monoisotopic (exact) mass is 259 g/mol. The first-order valence-corrected chi connectivity index (χ1v) is 7.72. The molecule has 0 heterocycles. The predicted molar refractivity (Wildman–Crippen MR) is 84.7 cm³/mol. The Hall–Kier alpha value is -0.980. The summed E-state index contributed by atoms with van der Waals surface area (Å²) in [5.74, 6) is 1.43. The van der Waals surface area contributed by atoms with Gasteiger partial charge < -0.3 is 5.32 Å². The van der Waals surface area contributed by atoms with Crippen LogP contribution in [-0.2, 0) is 0 Å². The van der Waals surface area contributed by atoms with Gasteiger partial charge in [0, 0.05) is 11.7 Å². The summed E-state index contributed by atoms with van der Waals surface area (Å²) in [5, 5.41) is 3.76. The van der Waals surface area contributed by atoms with Crippen LogP contribution >= 0.6 is 0 Å². The first-order chi connectivity index (χ1) is 8.85. The van der Waals surface area contributed by atoms with Crippen molar-refractivity contribution in [3.05, 3.63) is 29.8 Å². The summed E-state index contributed by atoms with van der Waals surface area (Å²) in [6.07, 6.45) is 3.94. The Morgan fingerprint density at radius 3 is 2.58 bits per heavy atom. The van der Waals surface area contributed by atoms with E-state index >= 15 is 0 Å². The molecular formula is C18H29N. The molecule has 1 fully saturated rings. The smallest absolute Gasteiger partial charge is 0.0345 e. The Morgan fingerprint density at radius 2 is 1.95 bits per heavy atom. The van der Waals surface area contributed by atoms with Gasteiger partial charge in [-0.05, 0) is 54.2 Å². The molecule has 0 spiro atoms. The third-order valence-electron chi connectivity index (χ3n) is 4.31. The Labute approximate surface area is 118 Å². The van der Waals surface area contributed by atoms with Crippen molar-refractivity contribution in [1.82, 2.24) is 0 Å². The molecule has 2 unspecified atom stereocenters. The van der Waals surface area contributed by atoms with E-state index in [9.17, 15) is 0 Å². The second-order valence-corrected chi connectivity index (χ2v) is 7.53. The Kier molecular flexibility index (Phi) is 4.23. The highest BCUT2D eigenvalue weighted by molar-refractivity contribution is 5.47. The van der Waals surface area contributed by atoms with Gasteiger partial charge in [-0.25, -0.2) is 0 Å². The zero-order valence-corrected chi connectivity index (χ0v) is 13.2. The molecule has 1 nitrogen and oxygen atoms in total. The average molecular weight is 259 g/mol. The van der Waals surface area contributed by atoms with Gasteiger partial charge in [0.05, 0.1) is 0 Å². The van der Waals surface area contributed by atoms with Gasteiger partial charge in [-0.2, -0.15) is 0 Å². The molecular weight excluding hydrogens is 230 g/mol. The minimum atomic E-state index is 0.477. The SMILES string of the molecule is CC1CC(Nc2cccc(C(C)C)c2)CC(C)(C)C1. The molecule has 1 aliphatic rings. The van der Waals surface area contributed by atoms with Crippen LogP contribution in [0.4, 0.5) is 5.69 Å². The van der Waals surface area contributed by atoms with Gasteiger partial charge in [0.25, 0.3) is 0 Å². The fraction of sp³-hybridized carbons (Fsp3) is 0.667. The summed E-state index contributed by atoms with van der Waals surface area (Å²) >= 11 is 0. The first kappa shape index (κ1) is 14.4. The molecule has 0 saturated heterocycles. The zero-order chi connectivity index (χ0) is 14.0. The lowest BCUT2D eigenvalue weighted by Crippen LogP contribution is -2.35. The van der Waals surface area contributed by atoms with Gasteiger partial charge in [-0.15, -0.1) is 0 Å². The summed E-state index contributed by atoms with van der Waals surface area (Å²) in [4.78, 5) is 0. The van der Waals surface area contributed by atoms with Crippen LogP contribution in [-0.4, -0.2) is 6.04 Å². The van der Waals surface area contributed by atoms with E-state index in [0.29, 0.717) is 17.4 Å². The highest BCUT2D eigenvalue weighted by Crippen LogP contribution is 2.39. The molecule has 1 N–H and O–H groups in total. The van der Waals surface area contributed by atoms with Crippen molar-refractivity contribution in [2.45, 2.75) is 65.8 Å². The maximum atomic E-state index is 3.76. The van der Waals surface area contributed by atoms with Crippen LogP contribution in [0.3, 0.4) is 0 Å². The van der Waals surface area contributed by atoms with Crippen LogP contribution in [0.15, 0.2) is 24.3 Å². The van der Waals surface area contributed by atoms with Crippen LogP contribution in [0.2, 0.25) is 0 Å². The van der Waals surface area contributed by atoms with Gasteiger partial charge >= 0.3 is 0 Å². The quantitative estimate of drug-likeness (QED) is 0.762. The lowest BCUT2D eigenvalue weighted by Gasteiger charge is -2.39. The number of hydrogen-bond acceptors (Lipinski definition) is 1. The number of anilines is 1. The molecule has 0 amide bonds. The second-order valence-electron chi connectivity index (χ2n) is 7.53. The van der Waals surface area contributed by atoms with Crippen molar-refractivity contribution in [2.24, 2.45) is 11.3 Å². The number of rotatable bonds is 3. The Morgan fingerprint density at radius 1 is 1.21 bits per heavy atom. The summed E-state index contributed by atoms with van der Waals surface area (Å²) in [5.41, 5.74) is 3.19. The van der Waals surface area contributed by atoms with Gasteiger partial charge in [0.15, 0.2) is 0 Å². The van der Waals surface area contributed by atoms with Gasteiger partial charge in [-0.1, -0.05) is 46.8 Å². The third-order valence-corrected chi connectivity index (χ3v) is 4.31. The minimum absolute atomic E-state index is 0.477. The van der Waals surface area contributed by atoms with E-state index in [-0.39, 0.29) is 0 Å². The molecule has 19 heavy (non-hydrogen) atoms. The largest absolute Gasteiger partial charge is 0.382 e. The molecule has 2 atom stereocenters. The number of hydrogen-bond donors (Lipinski definition) is 1. The second kappa shape index (κ2) is 5.56. The average Bonchev–Trinajstić information content (AvgIpc) is 2.26. The molecule has 2 rings (SSSR count). The molecule has 106 valence electrons. The Balaban J connectivity index is 2.06. The lowest BCUT2D eigenvalue weighted by molar-refractivity contribution is 0.178. The van der Waals surface area contributed by atoms with Gasteiger partial charge in [0.1, 0.15) is 0 Å². The summed E-state index contributed by atoms with van der Waals surface area (Å²) in [6.45, 7) is 11.7. The molecule has 0 aromatic heterocycles. The standard InChI is InChI=1S/C18H29N/c1-13(2)15-7-6-8-16(10-15)19-17-9-14(3)11-18(4,5)12-17/h6-8,10,13-14,17,19H,9,11-12H2,1-5H3. The minimum Gasteiger partial charge on any atom is -0.382 e. The van der Waals surface area contributed by atoms with Crippen LogP contribution in [0.25, 0.3) is 0 Å². The summed E-state index contributed by atoms with van der Waals surface area (Å²) in [7, 11) is 0. The van der Waals surface area contributed by atoms with E-state index in [1.54, 1.807) is 0 Å². The lowest BCUT2D eigenvalue weighted by atomic mass is 9.70. The van der Waals surface area contributed by atoms with Gasteiger partial charge in [-0.3, -0.25) is 0 Å². The van der Waals surface area contributed by atoms with E-state index in [2.05, 4.69) is 64.2 Å². The summed E-state index contributed by atoms with van der Waals surface area (Å²) < 4.78 is 0. The van der Waals surface area contributed by atoms with E-state index in [1.807, 2.05) is 0 Å². The number of benzene rings is 1.